The average Bonchev–Trinajstić information content (AvgIpc) is 2.34. The number of nitrogens with two attached hydrogens (primary N) is 1. The lowest BCUT2D eigenvalue weighted by molar-refractivity contribution is 0.554. The number of benzene rings is 2. The van der Waals surface area contributed by atoms with E-state index in [1.807, 2.05) is 0 Å². The molecule has 0 amide bonds. The Morgan fingerprint density at radius 3 is 1.50 bits per heavy atom. The molecule has 2 aromatic carbocycles. The molecule has 0 aliphatic carbocycles. The Morgan fingerprint density at radius 1 is 0.722 bits per heavy atom. The van der Waals surface area contributed by atoms with Crippen LogP contribution in [0.4, 0.5) is 17.6 Å². The van der Waals surface area contributed by atoms with Gasteiger partial charge in [-0.1, -0.05) is 0 Å². The van der Waals surface area contributed by atoms with Crippen molar-refractivity contribution in [2.75, 3.05) is 0 Å². The highest BCUT2D eigenvalue weighted by Crippen LogP contribution is 2.25. The van der Waals surface area contributed by atoms with Gasteiger partial charge in [0, 0.05) is 11.1 Å². The molecule has 0 saturated carbocycles. The minimum atomic E-state index is -1.27. The zero-order chi connectivity index (χ0) is 13.3. The summed E-state index contributed by atoms with van der Waals surface area (Å²) >= 11 is 0. The first-order chi connectivity index (χ1) is 8.49. The smallest absolute Gasteiger partial charge is 0.128 e. The van der Waals surface area contributed by atoms with Crippen LogP contribution in [0.1, 0.15) is 17.2 Å². The monoisotopic (exact) mass is 255 g/mol. The number of hydrogen-bond acceptors (Lipinski definition) is 1. The van der Waals surface area contributed by atoms with Gasteiger partial charge < -0.3 is 5.73 Å². The molecule has 0 aliphatic heterocycles. The number of hydrogen-bond donors (Lipinski definition) is 1. The summed E-state index contributed by atoms with van der Waals surface area (Å²) in [6, 6.07) is 4.09. The Kier molecular flexibility index (Phi) is 3.34. The molecule has 0 heterocycles. The SMILES string of the molecule is NC(c1cc(F)ccc1F)c1cc(F)ccc1F. The van der Waals surface area contributed by atoms with Crippen LogP contribution in [0.15, 0.2) is 36.4 Å². The predicted octanol–water partition coefficient (Wildman–Crippen LogP) is 3.29. The van der Waals surface area contributed by atoms with E-state index in [-0.39, 0.29) is 11.1 Å². The zero-order valence-corrected chi connectivity index (χ0v) is 9.13. The summed E-state index contributed by atoms with van der Waals surface area (Å²) in [6.45, 7) is 0. The zero-order valence-electron chi connectivity index (χ0n) is 9.13. The molecule has 2 N–H and O–H groups in total. The third-order valence-electron chi connectivity index (χ3n) is 2.59. The Labute approximate surface area is 101 Å². The van der Waals surface area contributed by atoms with Gasteiger partial charge in [0.25, 0.3) is 0 Å². The van der Waals surface area contributed by atoms with Gasteiger partial charge in [0.2, 0.25) is 0 Å². The molecule has 0 radical (unpaired) electrons. The van der Waals surface area contributed by atoms with Gasteiger partial charge in [-0.3, -0.25) is 0 Å². The summed E-state index contributed by atoms with van der Waals surface area (Å²) in [5.74, 6) is -2.93. The molecule has 5 heteroatoms. The highest BCUT2D eigenvalue weighted by molar-refractivity contribution is 5.33. The normalized spacial score (nSPS) is 11.0. The lowest BCUT2D eigenvalue weighted by Crippen LogP contribution is -2.16. The fraction of sp³-hybridized carbons (Fsp3) is 0.0769. The fourth-order valence-electron chi connectivity index (χ4n) is 1.67. The van der Waals surface area contributed by atoms with Gasteiger partial charge >= 0.3 is 0 Å². The highest BCUT2D eigenvalue weighted by Gasteiger charge is 2.18. The standard InChI is InChI=1S/C13H9F4N/c14-7-1-3-11(16)9(5-7)13(18)10-6-8(15)2-4-12(10)17/h1-6,13H,18H2. The van der Waals surface area contributed by atoms with Gasteiger partial charge in [0.05, 0.1) is 6.04 Å². The van der Waals surface area contributed by atoms with Crippen molar-refractivity contribution >= 4 is 0 Å². The quantitative estimate of drug-likeness (QED) is 0.819. The van der Waals surface area contributed by atoms with E-state index in [1.165, 1.54) is 0 Å². The van der Waals surface area contributed by atoms with Crippen molar-refractivity contribution in [3.05, 3.63) is 70.8 Å². The molecule has 0 fully saturated rings. The topological polar surface area (TPSA) is 26.0 Å². The first kappa shape index (κ1) is 12.6. The van der Waals surface area contributed by atoms with Crippen LogP contribution in [-0.2, 0) is 0 Å². The molecule has 0 unspecified atom stereocenters. The predicted molar refractivity (Wildman–Crippen MR) is 58.7 cm³/mol. The van der Waals surface area contributed by atoms with E-state index in [1.54, 1.807) is 0 Å². The van der Waals surface area contributed by atoms with Crippen LogP contribution in [0, 0.1) is 23.3 Å². The molecule has 18 heavy (non-hydrogen) atoms. The van der Waals surface area contributed by atoms with Gasteiger partial charge in [0.1, 0.15) is 23.3 Å². The van der Waals surface area contributed by atoms with Crippen molar-refractivity contribution in [3.8, 4) is 0 Å². The highest BCUT2D eigenvalue weighted by atomic mass is 19.1. The van der Waals surface area contributed by atoms with E-state index in [0.29, 0.717) is 0 Å². The minimum absolute atomic E-state index is 0.223. The van der Waals surface area contributed by atoms with E-state index < -0.39 is 29.3 Å². The maximum absolute atomic E-state index is 13.5. The van der Waals surface area contributed by atoms with E-state index in [9.17, 15) is 17.6 Å². The maximum atomic E-state index is 13.5. The number of halogens is 4. The lowest BCUT2D eigenvalue weighted by atomic mass is 9.98. The van der Waals surface area contributed by atoms with Crippen LogP contribution in [0.3, 0.4) is 0 Å². The molecule has 0 spiro atoms. The molecular formula is C13H9F4N. The molecule has 0 aromatic heterocycles. The molecule has 1 nitrogen and oxygen atoms in total. The second-order valence-corrected chi connectivity index (χ2v) is 3.81. The van der Waals surface area contributed by atoms with Crippen LogP contribution in [0.2, 0.25) is 0 Å². The average molecular weight is 255 g/mol. The van der Waals surface area contributed by atoms with Crippen LogP contribution in [0.5, 0.6) is 0 Å². The fourth-order valence-corrected chi connectivity index (χ4v) is 1.67. The van der Waals surface area contributed by atoms with Crippen LogP contribution >= 0.6 is 0 Å². The van der Waals surface area contributed by atoms with E-state index >= 15 is 0 Å². The van der Waals surface area contributed by atoms with Gasteiger partial charge in [-0.05, 0) is 36.4 Å². The summed E-state index contributed by atoms with van der Waals surface area (Å²) < 4.78 is 53.0. The molecule has 94 valence electrons. The third kappa shape index (κ3) is 2.36. The Hall–Kier alpha value is -1.88. The molecule has 2 rings (SSSR count). The van der Waals surface area contributed by atoms with Crippen molar-refractivity contribution in [1.82, 2.24) is 0 Å². The largest absolute Gasteiger partial charge is 0.320 e. The van der Waals surface area contributed by atoms with E-state index in [2.05, 4.69) is 0 Å². The van der Waals surface area contributed by atoms with Gasteiger partial charge in [0.15, 0.2) is 0 Å². The van der Waals surface area contributed by atoms with Gasteiger partial charge in [-0.2, -0.15) is 0 Å². The lowest BCUT2D eigenvalue weighted by Gasteiger charge is -2.14. The molecule has 0 atom stereocenters. The Morgan fingerprint density at radius 2 is 1.11 bits per heavy atom. The van der Waals surface area contributed by atoms with Crippen molar-refractivity contribution in [2.24, 2.45) is 5.73 Å². The van der Waals surface area contributed by atoms with E-state index in [4.69, 9.17) is 5.73 Å². The van der Waals surface area contributed by atoms with E-state index in [0.717, 1.165) is 36.4 Å². The first-order valence-corrected chi connectivity index (χ1v) is 5.14. The molecule has 2 aromatic rings. The third-order valence-corrected chi connectivity index (χ3v) is 2.59. The summed E-state index contributed by atoms with van der Waals surface area (Å²) in [4.78, 5) is 0. The summed E-state index contributed by atoms with van der Waals surface area (Å²) in [5, 5.41) is 0. The van der Waals surface area contributed by atoms with Crippen molar-refractivity contribution < 1.29 is 17.6 Å². The summed E-state index contributed by atoms with van der Waals surface area (Å²) in [5.41, 5.74) is 5.20. The molecular weight excluding hydrogens is 246 g/mol. The second kappa shape index (κ2) is 4.78. The summed E-state index contributed by atoms with van der Waals surface area (Å²) in [7, 11) is 0. The summed E-state index contributed by atoms with van der Waals surface area (Å²) in [6.07, 6.45) is 0. The van der Waals surface area contributed by atoms with Crippen molar-refractivity contribution in [3.63, 3.8) is 0 Å². The number of rotatable bonds is 2. The second-order valence-electron chi connectivity index (χ2n) is 3.81. The molecule has 0 saturated heterocycles. The van der Waals surface area contributed by atoms with Crippen molar-refractivity contribution in [2.45, 2.75) is 6.04 Å². The Bertz CT molecular complexity index is 532. The van der Waals surface area contributed by atoms with Crippen LogP contribution in [-0.4, -0.2) is 0 Å². The maximum Gasteiger partial charge on any atom is 0.128 e. The Balaban J connectivity index is 2.50. The van der Waals surface area contributed by atoms with Gasteiger partial charge in [-0.15, -0.1) is 0 Å². The van der Waals surface area contributed by atoms with Crippen molar-refractivity contribution in [1.29, 1.82) is 0 Å². The van der Waals surface area contributed by atoms with Gasteiger partial charge in [-0.25, -0.2) is 17.6 Å². The minimum Gasteiger partial charge on any atom is -0.320 e. The molecule has 0 bridgehead atoms. The first-order valence-electron chi connectivity index (χ1n) is 5.14. The van der Waals surface area contributed by atoms with Crippen LogP contribution < -0.4 is 5.73 Å². The molecule has 0 aliphatic rings. The van der Waals surface area contributed by atoms with Crippen LogP contribution in [0.25, 0.3) is 0 Å².